The Hall–Kier alpha value is -2.59. The number of hydrogen-bond acceptors (Lipinski definition) is 5. The number of rotatable bonds is 9. The molecule has 160 valence electrons. The van der Waals surface area contributed by atoms with E-state index >= 15 is 0 Å². The van der Waals surface area contributed by atoms with Gasteiger partial charge >= 0.3 is 0 Å². The summed E-state index contributed by atoms with van der Waals surface area (Å²) in [7, 11) is 3.44. The van der Waals surface area contributed by atoms with Crippen molar-refractivity contribution in [1.82, 2.24) is 15.6 Å². The number of methoxy groups -OCH3 is 1. The van der Waals surface area contributed by atoms with Gasteiger partial charge in [0.25, 0.3) is 0 Å². The third-order valence-electron chi connectivity index (χ3n) is 4.28. The van der Waals surface area contributed by atoms with Crippen molar-refractivity contribution in [3.63, 3.8) is 0 Å². The lowest BCUT2D eigenvalue weighted by molar-refractivity contribution is 0.211. The highest BCUT2D eigenvalue weighted by atomic mass is 127. The molecule has 30 heavy (non-hydrogen) atoms. The SMILES string of the molecule is CN=C(NCc1ccc(NCCOC)cc1)NCc1coc(-c2ccccc2)n1.I. The lowest BCUT2D eigenvalue weighted by Crippen LogP contribution is -2.36. The Morgan fingerprint density at radius 2 is 1.77 bits per heavy atom. The molecule has 0 saturated heterocycles. The van der Waals surface area contributed by atoms with E-state index in [0.717, 1.165) is 29.1 Å². The van der Waals surface area contributed by atoms with Crippen molar-refractivity contribution in [2.45, 2.75) is 13.1 Å². The number of anilines is 1. The molecule has 0 aliphatic carbocycles. The third kappa shape index (κ3) is 7.34. The number of oxazole rings is 1. The standard InChI is InChI=1S/C22H27N5O2.HI/c1-23-22(25-14-17-8-10-19(11-9-17)24-12-13-28-2)26-15-20-16-29-21(27-20)18-6-4-3-5-7-18;/h3-11,16,24H,12-15H2,1-2H3,(H2,23,25,26);1H. The van der Waals surface area contributed by atoms with Crippen molar-refractivity contribution in [1.29, 1.82) is 0 Å². The fourth-order valence-corrected chi connectivity index (χ4v) is 2.72. The molecule has 0 fully saturated rings. The number of guanidine groups is 1. The molecule has 0 radical (unpaired) electrons. The van der Waals surface area contributed by atoms with Crippen LogP contribution in [0.4, 0.5) is 5.69 Å². The van der Waals surface area contributed by atoms with Crippen molar-refractivity contribution in [2.24, 2.45) is 4.99 Å². The van der Waals surface area contributed by atoms with Crippen molar-refractivity contribution >= 4 is 35.6 Å². The van der Waals surface area contributed by atoms with E-state index in [1.54, 1.807) is 20.4 Å². The van der Waals surface area contributed by atoms with Crippen molar-refractivity contribution in [3.05, 3.63) is 72.1 Å². The molecule has 0 atom stereocenters. The van der Waals surface area contributed by atoms with Gasteiger partial charge < -0.3 is 25.1 Å². The van der Waals surface area contributed by atoms with Crippen LogP contribution in [0.2, 0.25) is 0 Å². The number of nitrogens with one attached hydrogen (secondary N) is 3. The van der Waals surface area contributed by atoms with Crippen molar-refractivity contribution < 1.29 is 9.15 Å². The number of aromatic nitrogens is 1. The zero-order chi connectivity index (χ0) is 20.3. The molecule has 3 aromatic rings. The highest BCUT2D eigenvalue weighted by Crippen LogP contribution is 2.17. The van der Waals surface area contributed by atoms with E-state index in [2.05, 4.69) is 50.2 Å². The molecule has 0 aliphatic heterocycles. The molecule has 0 bridgehead atoms. The molecule has 0 amide bonds. The van der Waals surface area contributed by atoms with Gasteiger partial charge in [0.15, 0.2) is 5.96 Å². The molecule has 0 spiro atoms. The molecule has 0 aliphatic rings. The summed E-state index contributed by atoms with van der Waals surface area (Å²) in [6.07, 6.45) is 1.66. The molecule has 1 aromatic heterocycles. The minimum Gasteiger partial charge on any atom is -0.444 e. The Morgan fingerprint density at radius 3 is 2.47 bits per heavy atom. The molecule has 2 aromatic carbocycles. The van der Waals surface area contributed by atoms with Crippen LogP contribution in [0.15, 0.2) is 70.3 Å². The lowest BCUT2D eigenvalue weighted by Gasteiger charge is -2.11. The average molecular weight is 521 g/mol. The topological polar surface area (TPSA) is 83.7 Å². The van der Waals surface area contributed by atoms with Gasteiger partial charge in [0.05, 0.1) is 18.8 Å². The summed E-state index contributed by atoms with van der Waals surface area (Å²) in [6.45, 7) is 2.67. The van der Waals surface area contributed by atoms with Crippen LogP contribution in [0.5, 0.6) is 0 Å². The highest BCUT2D eigenvalue weighted by molar-refractivity contribution is 14.0. The number of benzene rings is 2. The quantitative estimate of drug-likeness (QED) is 0.172. The highest BCUT2D eigenvalue weighted by Gasteiger charge is 2.07. The van der Waals surface area contributed by atoms with Crippen LogP contribution in [0.1, 0.15) is 11.3 Å². The summed E-state index contributed by atoms with van der Waals surface area (Å²) in [6, 6.07) is 18.1. The molecular formula is C22H28IN5O2. The van der Waals surface area contributed by atoms with Crippen LogP contribution >= 0.6 is 24.0 Å². The van der Waals surface area contributed by atoms with Gasteiger partial charge in [-0.15, -0.1) is 24.0 Å². The molecule has 3 rings (SSSR count). The van der Waals surface area contributed by atoms with Crippen LogP contribution in [-0.4, -0.2) is 38.3 Å². The molecule has 8 heteroatoms. The Labute approximate surface area is 194 Å². The summed E-state index contributed by atoms with van der Waals surface area (Å²) in [5.41, 5.74) is 4.02. The number of aliphatic imine (C=N–C) groups is 1. The normalized spacial score (nSPS) is 10.9. The van der Waals surface area contributed by atoms with Gasteiger partial charge in [0, 0.05) is 38.5 Å². The smallest absolute Gasteiger partial charge is 0.226 e. The molecule has 0 saturated carbocycles. The predicted octanol–water partition coefficient (Wildman–Crippen LogP) is 3.88. The predicted molar refractivity (Wildman–Crippen MR) is 131 cm³/mol. The second kappa shape index (κ2) is 12.9. The first-order valence-corrected chi connectivity index (χ1v) is 9.54. The summed E-state index contributed by atoms with van der Waals surface area (Å²) in [4.78, 5) is 8.78. The van der Waals surface area contributed by atoms with Gasteiger partial charge in [-0.3, -0.25) is 4.99 Å². The van der Waals surface area contributed by atoms with Crippen molar-refractivity contribution in [3.8, 4) is 11.5 Å². The average Bonchev–Trinajstić information content (AvgIpc) is 3.25. The summed E-state index contributed by atoms with van der Waals surface area (Å²) >= 11 is 0. The zero-order valence-corrected chi connectivity index (χ0v) is 19.6. The minimum absolute atomic E-state index is 0. The van der Waals surface area contributed by atoms with Gasteiger partial charge in [0.2, 0.25) is 5.89 Å². The second-order valence-corrected chi connectivity index (χ2v) is 6.41. The monoisotopic (exact) mass is 521 g/mol. The van der Waals surface area contributed by atoms with E-state index in [-0.39, 0.29) is 24.0 Å². The maximum Gasteiger partial charge on any atom is 0.226 e. The maximum atomic E-state index is 5.57. The maximum absolute atomic E-state index is 5.57. The van der Waals surface area contributed by atoms with Gasteiger partial charge in [0.1, 0.15) is 6.26 Å². The number of hydrogen-bond donors (Lipinski definition) is 3. The Morgan fingerprint density at radius 1 is 1.03 bits per heavy atom. The zero-order valence-electron chi connectivity index (χ0n) is 17.2. The van der Waals surface area contributed by atoms with E-state index in [1.807, 2.05) is 30.3 Å². The first-order valence-electron chi connectivity index (χ1n) is 9.54. The first kappa shape index (κ1) is 23.7. The van der Waals surface area contributed by atoms with Crippen LogP contribution in [-0.2, 0) is 17.8 Å². The molecule has 3 N–H and O–H groups in total. The van der Waals surface area contributed by atoms with E-state index in [4.69, 9.17) is 9.15 Å². The van der Waals surface area contributed by atoms with Crippen LogP contribution < -0.4 is 16.0 Å². The summed E-state index contributed by atoms with van der Waals surface area (Å²) < 4.78 is 10.6. The third-order valence-corrected chi connectivity index (χ3v) is 4.28. The van der Waals surface area contributed by atoms with Gasteiger partial charge in [-0.2, -0.15) is 0 Å². The first-order chi connectivity index (χ1) is 14.3. The lowest BCUT2D eigenvalue weighted by atomic mass is 10.2. The van der Waals surface area contributed by atoms with E-state index < -0.39 is 0 Å². The number of ether oxygens (including phenoxy) is 1. The van der Waals surface area contributed by atoms with Gasteiger partial charge in [-0.25, -0.2) is 4.98 Å². The van der Waals surface area contributed by atoms with Crippen LogP contribution in [0, 0.1) is 0 Å². The summed E-state index contributed by atoms with van der Waals surface area (Å²) in [5, 5.41) is 9.87. The van der Waals surface area contributed by atoms with Crippen molar-refractivity contribution in [2.75, 3.05) is 32.6 Å². The molecule has 7 nitrogen and oxygen atoms in total. The van der Waals surface area contributed by atoms with Crippen LogP contribution in [0.3, 0.4) is 0 Å². The molecular weight excluding hydrogens is 493 g/mol. The second-order valence-electron chi connectivity index (χ2n) is 6.41. The Kier molecular flexibility index (Phi) is 10.2. The largest absolute Gasteiger partial charge is 0.444 e. The molecule has 1 heterocycles. The van der Waals surface area contributed by atoms with Gasteiger partial charge in [-0.1, -0.05) is 30.3 Å². The van der Waals surface area contributed by atoms with E-state index in [1.165, 1.54) is 0 Å². The Balaban J connectivity index is 0.00000320. The molecule has 0 unspecified atom stereocenters. The summed E-state index contributed by atoms with van der Waals surface area (Å²) in [5.74, 6) is 1.32. The fourth-order valence-electron chi connectivity index (χ4n) is 2.72. The number of nitrogens with zero attached hydrogens (tertiary/aromatic N) is 2. The van der Waals surface area contributed by atoms with E-state index in [0.29, 0.717) is 31.5 Å². The van der Waals surface area contributed by atoms with E-state index in [9.17, 15) is 0 Å². The van der Waals surface area contributed by atoms with Gasteiger partial charge in [-0.05, 0) is 29.8 Å². The fraction of sp³-hybridized carbons (Fsp3) is 0.273. The minimum atomic E-state index is 0. The Bertz CT molecular complexity index is 897. The number of halogens is 1. The van der Waals surface area contributed by atoms with Crippen LogP contribution in [0.25, 0.3) is 11.5 Å².